The lowest BCUT2D eigenvalue weighted by Gasteiger charge is -2.27. The molecule has 4 aromatic rings. The lowest BCUT2D eigenvalue weighted by atomic mass is 9.89. The normalized spacial score (nSPS) is 16.7. The summed E-state index contributed by atoms with van der Waals surface area (Å²) in [5.74, 6) is -0.152. The maximum Gasteiger partial charge on any atom is 0.258 e. The first-order chi connectivity index (χ1) is 24.7. The zero-order valence-electron chi connectivity index (χ0n) is 29.6. The third-order valence-corrected chi connectivity index (χ3v) is 10.5. The van der Waals surface area contributed by atoms with Gasteiger partial charge in [-0.3, -0.25) is 19.2 Å². The van der Waals surface area contributed by atoms with Crippen molar-refractivity contribution < 1.29 is 23.9 Å². The summed E-state index contributed by atoms with van der Waals surface area (Å²) in [6.07, 6.45) is 5.93. The van der Waals surface area contributed by atoms with Crippen LogP contribution in [0.1, 0.15) is 65.3 Å². The summed E-state index contributed by atoms with van der Waals surface area (Å²) < 4.78 is 6.71. The van der Waals surface area contributed by atoms with Crippen LogP contribution in [0.4, 0.5) is 11.4 Å². The van der Waals surface area contributed by atoms with Gasteiger partial charge in [0, 0.05) is 27.7 Å². The van der Waals surface area contributed by atoms with Gasteiger partial charge in [-0.25, -0.2) is 0 Å². The standard InChI is InChI=1S/C40H44BrN5O5.ClH/c1-25(42-2)37(47)44-33-24-46(39(49)28-15-13-27(14-16-28)38(48)43-22-26-9-5-4-6-10-26)35-12-8-7-11-34(35)45(40(33)50)23-32-31-19-18-30(41)21-29(31)17-20-36(32)51-3;/h7-8,11-21,25-26,33,42H,4-6,9-10,22-24H2,1-3H3,(H,43,48)(H,44,47);1H/t25?,33-;/m0./s1. The Morgan fingerprint density at radius 3 is 2.31 bits per heavy atom. The van der Waals surface area contributed by atoms with Gasteiger partial charge in [0.2, 0.25) is 5.91 Å². The summed E-state index contributed by atoms with van der Waals surface area (Å²) in [5.41, 5.74) is 2.65. The molecule has 1 aliphatic heterocycles. The Balaban J connectivity index is 0.00000523. The first kappa shape index (κ1) is 38.8. The number of halogens is 2. The van der Waals surface area contributed by atoms with Crippen LogP contribution in [-0.4, -0.2) is 63.0 Å². The summed E-state index contributed by atoms with van der Waals surface area (Å²) in [6.45, 7) is 2.38. The lowest BCUT2D eigenvalue weighted by molar-refractivity contribution is -0.128. The van der Waals surface area contributed by atoms with Gasteiger partial charge in [-0.05, 0) is 98.1 Å². The maximum atomic E-state index is 14.6. The molecule has 1 fully saturated rings. The van der Waals surface area contributed by atoms with Gasteiger partial charge in [0.25, 0.3) is 17.7 Å². The lowest BCUT2D eigenvalue weighted by Crippen LogP contribution is -2.55. The molecule has 0 aromatic heterocycles. The Hall–Kier alpha value is -4.45. The fraction of sp³-hybridized carbons (Fsp3) is 0.350. The van der Waals surface area contributed by atoms with E-state index in [0.29, 0.717) is 40.7 Å². The second-order valence-electron chi connectivity index (χ2n) is 13.3. The minimum absolute atomic E-state index is 0. The van der Waals surface area contributed by atoms with Crippen LogP contribution in [0.5, 0.6) is 5.75 Å². The number of anilines is 2. The van der Waals surface area contributed by atoms with Gasteiger partial charge in [-0.15, -0.1) is 12.4 Å². The van der Waals surface area contributed by atoms with Gasteiger partial charge in [0.15, 0.2) is 0 Å². The summed E-state index contributed by atoms with van der Waals surface area (Å²) in [7, 11) is 3.26. The zero-order valence-corrected chi connectivity index (χ0v) is 32.0. The van der Waals surface area contributed by atoms with Crippen molar-refractivity contribution in [1.82, 2.24) is 16.0 Å². The van der Waals surface area contributed by atoms with E-state index in [1.54, 1.807) is 56.3 Å². The molecule has 52 heavy (non-hydrogen) atoms. The number of carbonyl (C=O) groups excluding carboxylic acids is 4. The minimum Gasteiger partial charge on any atom is -0.496 e. The number of methoxy groups -OCH3 is 1. The molecule has 0 saturated heterocycles. The Morgan fingerprint density at radius 2 is 1.62 bits per heavy atom. The van der Waals surface area contributed by atoms with E-state index in [1.165, 1.54) is 24.2 Å². The number of fused-ring (bicyclic) bond motifs is 2. The van der Waals surface area contributed by atoms with Crippen LogP contribution in [0.15, 0.2) is 83.3 Å². The third kappa shape index (κ3) is 8.43. The smallest absolute Gasteiger partial charge is 0.258 e. The summed E-state index contributed by atoms with van der Waals surface area (Å²) in [4.78, 5) is 58.3. The van der Waals surface area contributed by atoms with E-state index in [0.717, 1.165) is 33.7 Å². The van der Waals surface area contributed by atoms with E-state index in [9.17, 15) is 19.2 Å². The molecule has 12 heteroatoms. The molecule has 10 nitrogen and oxygen atoms in total. The summed E-state index contributed by atoms with van der Waals surface area (Å²) in [5, 5.41) is 10.8. The van der Waals surface area contributed by atoms with Crippen LogP contribution in [0.25, 0.3) is 10.8 Å². The Bertz CT molecular complexity index is 1930. The molecule has 6 rings (SSSR count). The number of amides is 4. The van der Waals surface area contributed by atoms with Crippen molar-refractivity contribution in [2.45, 2.75) is 57.7 Å². The molecule has 1 saturated carbocycles. The van der Waals surface area contributed by atoms with Crippen molar-refractivity contribution in [3.8, 4) is 5.75 Å². The number of benzene rings is 4. The van der Waals surface area contributed by atoms with Gasteiger partial charge in [0.05, 0.1) is 37.6 Å². The van der Waals surface area contributed by atoms with E-state index >= 15 is 0 Å². The van der Waals surface area contributed by atoms with E-state index in [-0.39, 0.29) is 49.1 Å². The van der Waals surface area contributed by atoms with Crippen molar-refractivity contribution in [2.75, 3.05) is 37.0 Å². The largest absolute Gasteiger partial charge is 0.496 e. The van der Waals surface area contributed by atoms with Gasteiger partial charge < -0.3 is 30.5 Å². The van der Waals surface area contributed by atoms with Crippen LogP contribution in [0.2, 0.25) is 0 Å². The molecule has 4 aromatic carbocycles. The number of hydrogen-bond donors (Lipinski definition) is 3. The number of hydrogen-bond acceptors (Lipinski definition) is 6. The zero-order chi connectivity index (χ0) is 36.1. The van der Waals surface area contributed by atoms with Crippen molar-refractivity contribution in [2.24, 2.45) is 5.92 Å². The molecule has 0 radical (unpaired) electrons. The Kier molecular flexibility index (Phi) is 13.0. The number of para-hydroxylation sites is 2. The highest BCUT2D eigenvalue weighted by atomic mass is 79.9. The van der Waals surface area contributed by atoms with Crippen molar-refractivity contribution in [3.63, 3.8) is 0 Å². The quantitative estimate of drug-likeness (QED) is 0.166. The predicted octanol–water partition coefficient (Wildman–Crippen LogP) is 6.63. The van der Waals surface area contributed by atoms with E-state index in [4.69, 9.17) is 4.74 Å². The monoisotopic (exact) mass is 789 g/mol. The van der Waals surface area contributed by atoms with Crippen molar-refractivity contribution in [3.05, 3.63) is 100 Å². The van der Waals surface area contributed by atoms with Gasteiger partial charge in [-0.2, -0.15) is 0 Å². The summed E-state index contributed by atoms with van der Waals surface area (Å²) >= 11 is 3.55. The Morgan fingerprint density at radius 1 is 0.923 bits per heavy atom. The summed E-state index contributed by atoms with van der Waals surface area (Å²) in [6, 6.07) is 22.0. The molecular formula is C40H45BrClN5O5. The van der Waals surface area contributed by atoms with E-state index < -0.39 is 12.1 Å². The van der Waals surface area contributed by atoms with Crippen molar-refractivity contribution >= 4 is 74.1 Å². The average Bonchev–Trinajstić information content (AvgIpc) is 3.27. The number of rotatable bonds is 10. The highest BCUT2D eigenvalue weighted by molar-refractivity contribution is 9.10. The van der Waals surface area contributed by atoms with Crippen LogP contribution in [0.3, 0.4) is 0 Å². The molecule has 274 valence electrons. The van der Waals surface area contributed by atoms with Crippen molar-refractivity contribution in [1.29, 1.82) is 0 Å². The highest BCUT2D eigenvalue weighted by Gasteiger charge is 2.38. The van der Waals surface area contributed by atoms with Gasteiger partial charge in [0.1, 0.15) is 11.8 Å². The first-order valence-electron chi connectivity index (χ1n) is 17.5. The number of ether oxygens (including phenoxy) is 1. The molecular weight excluding hydrogens is 746 g/mol. The predicted molar refractivity (Wildman–Crippen MR) is 211 cm³/mol. The van der Waals surface area contributed by atoms with Crippen LogP contribution in [0, 0.1) is 5.92 Å². The molecule has 1 unspecified atom stereocenters. The molecule has 0 bridgehead atoms. The average molecular weight is 791 g/mol. The van der Waals surface area contributed by atoms with Crippen LogP contribution in [-0.2, 0) is 16.1 Å². The second-order valence-corrected chi connectivity index (χ2v) is 14.2. The fourth-order valence-corrected chi connectivity index (χ4v) is 7.36. The number of nitrogens with zero attached hydrogens (tertiary/aromatic N) is 2. The second kappa shape index (κ2) is 17.4. The van der Waals surface area contributed by atoms with Gasteiger partial charge in [-0.1, -0.05) is 59.5 Å². The van der Waals surface area contributed by atoms with Crippen LogP contribution < -0.4 is 30.5 Å². The van der Waals surface area contributed by atoms with Gasteiger partial charge >= 0.3 is 0 Å². The fourth-order valence-electron chi connectivity index (χ4n) is 6.99. The molecule has 1 heterocycles. The molecule has 2 atom stereocenters. The van der Waals surface area contributed by atoms with E-state index in [1.807, 2.05) is 48.5 Å². The topological polar surface area (TPSA) is 120 Å². The van der Waals surface area contributed by atoms with Crippen LogP contribution >= 0.6 is 28.3 Å². The SMILES string of the molecule is CNC(C)C(=O)N[C@H]1CN(C(=O)c2ccc(C(=O)NCC3CCCCC3)cc2)c2ccccc2N(Cc2c(OC)ccc3cc(Br)ccc23)C1=O.Cl. The molecule has 3 N–H and O–H groups in total. The minimum atomic E-state index is -1.07. The third-order valence-electron chi connectivity index (χ3n) is 10.0. The molecule has 2 aliphatic rings. The van der Waals surface area contributed by atoms with E-state index in [2.05, 4.69) is 31.9 Å². The number of nitrogens with one attached hydrogen (secondary N) is 3. The highest BCUT2D eigenvalue weighted by Crippen LogP contribution is 2.38. The number of likely N-dealkylation sites (N-methyl/N-ethyl adjacent to an activating group) is 1. The maximum absolute atomic E-state index is 14.6. The molecule has 1 aliphatic carbocycles. The first-order valence-corrected chi connectivity index (χ1v) is 18.3. The number of carbonyl (C=O) groups is 4. The molecule has 4 amide bonds. The molecule has 0 spiro atoms. The Labute approximate surface area is 319 Å².